The molecule has 0 saturated heterocycles. The van der Waals surface area contributed by atoms with Gasteiger partial charge in [-0.1, -0.05) is 12.8 Å². The summed E-state index contributed by atoms with van der Waals surface area (Å²) >= 11 is 4.92. The highest BCUT2D eigenvalue weighted by Gasteiger charge is 2.24. The van der Waals surface area contributed by atoms with Gasteiger partial charge in [0.25, 0.3) is 0 Å². The third-order valence-corrected chi connectivity index (χ3v) is 4.24. The molecular weight excluding hydrogens is 248 g/mol. The fourth-order valence-corrected chi connectivity index (χ4v) is 3.28. The van der Waals surface area contributed by atoms with Crippen LogP contribution in [-0.2, 0) is 0 Å². The quantitative estimate of drug-likeness (QED) is 0.736. The third kappa shape index (κ3) is 2.02. The summed E-state index contributed by atoms with van der Waals surface area (Å²) in [7, 11) is 0. The summed E-state index contributed by atoms with van der Waals surface area (Å²) in [4.78, 5) is 12.8. The zero-order valence-electron chi connectivity index (χ0n) is 7.25. The molecule has 0 spiro atoms. The van der Waals surface area contributed by atoms with Gasteiger partial charge in [0.15, 0.2) is 5.78 Å². The number of ketones is 1. The molecule has 1 saturated carbocycles. The van der Waals surface area contributed by atoms with Crippen LogP contribution >= 0.6 is 27.3 Å². The van der Waals surface area contributed by atoms with Crippen LogP contribution in [0.2, 0.25) is 0 Å². The minimum absolute atomic E-state index is 0.311. The van der Waals surface area contributed by atoms with Crippen molar-refractivity contribution < 1.29 is 4.79 Å². The van der Waals surface area contributed by atoms with Crippen molar-refractivity contribution in [3.63, 3.8) is 0 Å². The predicted molar refractivity (Wildman–Crippen MR) is 58.3 cm³/mol. The van der Waals surface area contributed by atoms with Crippen LogP contribution in [0.4, 0.5) is 0 Å². The Labute approximate surface area is 90.3 Å². The Kier molecular flexibility index (Phi) is 2.84. The molecule has 0 unspecified atom stereocenters. The van der Waals surface area contributed by atoms with Gasteiger partial charge >= 0.3 is 0 Å². The molecule has 0 aromatic carbocycles. The average Bonchev–Trinajstić information content (AvgIpc) is 2.72. The maximum Gasteiger partial charge on any atom is 0.175 e. The Morgan fingerprint density at radius 3 is 2.69 bits per heavy atom. The monoisotopic (exact) mass is 258 g/mol. The molecule has 1 aliphatic carbocycles. The number of hydrogen-bond acceptors (Lipinski definition) is 2. The largest absolute Gasteiger partial charge is 0.293 e. The van der Waals surface area contributed by atoms with Crippen LogP contribution in [0.25, 0.3) is 0 Å². The number of Topliss-reactive ketones (excluding diaryl/α,β-unsaturated/α-hetero) is 1. The minimum Gasteiger partial charge on any atom is -0.293 e. The van der Waals surface area contributed by atoms with Crippen molar-refractivity contribution in [2.45, 2.75) is 25.7 Å². The second-order valence-corrected chi connectivity index (χ2v) is 5.30. The Hall–Kier alpha value is -0.150. The molecule has 1 heterocycles. The van der Waals surface area contributed by atoms with Crippen molar-refractivity contribution >= 4 is 33.0 Å². The molecule has 1 aliphatic rings. The molecule has 70 valence electrons. The Morgan fingerprint density at radius 2 is 2.15 bits per heavy atom. The molecule has 0 aliphatic heterocycles. The van der Waals surface area contributed by atoms with Gasteiger partial charge in [-0.3, -0.25) is 4.79 Å². The molecule has 1 fully saturated rings. The molecule has 1 aromatic rings. The van der Waals surface area contributed by atoms with E-state index in [4.69, 9.17) is 0 Å². The SMILES string of the molecule is O=C(c1cc(Br)cs1)C1CCCC1. The van der Waals surface area contributed by atoms with Crippen LogP contribution in [0.3, 0.4) is 0 Å². The van der Waals surface area contributed by atoms with Crippen LogP contribution < -0.4 is 0 Å². The van der Waals surface area contributed by atoms with Crippen molar-refractivity contribution in [2.24, 2.45) is 5.92 Å². The molecule has 0 bridgehead atoms. The van der Waals surface area contributed by atoms with Crippen LogP contribution in [0.1, 0.15) is 35.4 Å². The highest BCUT2D eigenvalue weighted by Crippen LogP contribution is 2.30. The lowest BCUT2D eigenvalue weighted by atomic mass is 10.0. The van der Waals surface area contributed by atoms with Gasteiger partial charge < -0.3 is 0 Å². The van der Waals surface area contributed by atoms with Gasteiger partial charge in [-0.15, -0.1) is 11.3 Å². The molecule has 13 heavy (non-hydrogen) atoms. The second-order valence-electron chi connectivity index (χ2n) is 3.47. The van der Waals surface area contributed by atoms with Crippen LogP contribution in [0.15, 0.2) is 15.9 Å². The fraction of sp³-hybridized carbons (Fsp3) is 0.500. The molecule has 1 nitrogen and oxygen atoms in total. The van der Waals surface area contributed by atoms with E-state index in [1.165, 1.54) is 12.8 Å². The van der Waals surface area contributed by atoms with Gasteiger partial charge in [0.05, 0.1) is 4.88 Å². The standard InChI is InChI=1S/C10H11BrOS/c11-8-5-9(13-6-8)10(12)7-3-1-2-4-7/h5-7H,1-4H2. The first-order valence-electron chi connectivity index (χ1n) is 4.55. The van der Waals surface area contributed by atoms with Gasteiger partial charge in [-0.2, -0.15) is 0 Å². The molecule has 2 rings (SSSR count). The first kappa shape index (κ1) is 9.41. The van der Waals surface area contributed by atoms with E-state index in [1.54, 1.807) is 11.3 Å². The van der Waals surface area contributed by atoms with Gasteiger partial charge in [0, 0.05) is 15.8 Å². The summed E-state index contributed by atoms with van der Waals surface area (Å²) < 4.78 is 1.03. The van der Waals surface area contributed by atoms with E-state index in [1.807, 2.05) is 11.4 Å². The third-order valence-electron chi connectivity index (χ3n) is 2.54. The Balaban J connectivity index is 2.12. The number of carbonyl (C=O) groups excluding carboxylic acids is 1. The number of rotatable bonds is 2. The van der Waals surface area contributed by atoms with E-state index in [2.05, 4.69) is 15.9 Å². The van der Waals surface area contributed by atoms with Crippen molar-refractivity contribution in [1.82, 2.24) is 0 Å². The number of hydrogen-bond donors (Lipinski definition) is 0. The highest BCUT2D eigenvalue weighted by atomic mass is 79.9. The fourth-order valence-electron chi connectivity index (χ4n) is 1.83. The zero-order valence-corrected chi connectivity index (χ0v) is 9.66. The van der Waals surface area contributed by atoms with Crippen molar-refractivity contribution in [1.29, 1.82) is 0 Å². The molecule has 1 aromatic heterocycles. The van der Waals surface area contributed by atoms with Crippen LogP contribution in [-0.4, -0.2) is 5.78 Å². The Morgan fingerprint density at radius 1 is 1.46 bits per heavy atom. The number of thiophene rings is 1. The van der Waals surface area contributed by atoms with E-state index < -0.39 is 0 Å². The maximum atomic E-state index is 11.8. The van der Waals surface area contributed by atoms with E-state index in [0.717, 1.165) is 22.2 Å². The van der Waals surface area contributed by atoms with Gasteiger partial charge in [0.2, 0.25) is 0 Å². The Bertz CT molecular complexity index is 312. The minimum atomic E-state index is 0.311. The summed E-state index contributed by atoms with van der Waals surface area (Å²) in [6, 6.07) is 1.94. The topological polar surface area (TPSA) is 17.1 Å². The molecule has 0 radical (unpaired) electrons. The molecule has 3 heteroatoms. The summed E-state index contributed by atoms with van der Waals surface area (Å²) in [6.45, 7) is 0. The molecule has 0 atom stereocenters. The van der Waals surface area contributed by atoms with Crippen molar-refractivity contribution in [3.8, 4) is 0 Å². The highest BCUT2D eigenvalue weighted by molar-refractivity contribution is 9.10. The maximum absolute atomic E-state index is 11.8. The normalized spacial score (nSPS) is 17.9. The number of carbonyl (C=O) groups is 1. The number of halogens is 1. The first-order chi connectivity index (χ1) is 6.27. The lowest BCUT2D eigenvalue weighted by Gasteiger charge is -2.04. The van der Waals surface area contributed by atoms with E-state index in [0.29, 0.717) is 11.7 Å². The van der Waals surface area contributed by atoms with Crippen molar-refractivity contribution in [2.75, 3.05) is 0 Å². The van der Waals surface area contributed by atoms with Crippen LogP contribution in [0.5, 0.6) is 0 Å². The van der Waals surface area contributed by atoms with Crippen LogP contribution in [0, 0.1) is 5.92 Å². The summed E-state index contributed by atoms with van der Waals surface area (Å²) in [5.74, 6) is 0.666. The lowest BCUT2D eigenvalue weighted by Crippen LogP contribution is -2.08. The predicted octanol–water partition coefficient (Wildman–Crippen LogP) is 3.88. The molecule has 0 amide bonds. The van der Waals surface area contributed by atoms with Gasteiger partial charge in [-0.25, -0.2) is 0 Å². The summed E-state index contributed by atoms with van der Waals surface area (Å²) in [6.07, 6.45) is 4.63. The average molecular weight is 259 g/mol. The van der Waals surface area contributed by atoms with E-state index in [9.17, 15) is 4.79 Å². The van der Waals surface area contributed by atoms with E-state index in [-0.39, 0.29) is 0 Å². The smallest absolute Gasteiger partial charge is 0.175 e. The molecule has 0 N–H and O–H groups in total. The lowest BCUT2D eigenvalue weighted by molar-refractivity contribution is 0.0927. The first-order valence-corrected chi connectivity index (χ1v) is 6.23. The van der Waals surface area contributed by atoms with Gasteiger partial charge in [-0.05, 0) is 34.8 Å². The second kappa shape index (κ2) is 3.93. The van der Waals surface area contributed by atoms with E-state index >= 15 is 0 Å². The van der Waals surface area contributed by atoms with Crippen molar-refractivity contribution in [3.05, 3.63) is 20.8 Å². The summed E-state index contributed by atoms with van der Waals surface area (Å²) in [5, 5.41) is 1.97. The molecular formula is C10H11BrOS. The van der Waals surface area contributed by atoms with Gasteiger partial charge in [0.1, 0.15) is 0 Å². The summed E-state index contributed by atoms with van der Waals surface area (Å²) in [5.41, 5.74) is 0. The zero-order chi connectivity index (χ0) is 9.26.